The Kier molecular flexibility index (Phi) is 9.26. The smallest absolute Gasteiger partial charge is 0.191 e. The van der Waals surface area contributed by atoms with Crippen molar-refractivity contribution in [1.82, 2.24) is 15.6 Å². The zero-order valence-corrected chi connectivity index (χ0v) is 19.8. The van der Waals surface area contributed by atoms with Crippen molar-refractivity contribution in [3.63, 3.8) is 0 Å². The lowest BCUT2D eigenvalue weighted by molar-refractivity contribution is 0.460. The second-order valence-electron chi connectivity index (χ2n) is 7.52. The predicted octanol–water partition coefficient (Wildman–Crippen LogP) is 2.05. The Labute approximate surface area is 180 Å². The molecule has 1 aromatic heterocycles. The molecule has 2 heterocycles. The van der Waals surface area contributed by atoms with Gasteiger partial charge in [-0.05, 0) is 45.7 Å². The molecule has 0 saturated carbocycles. The van der Waals surface area contributed by atoms with Gasteiger partial charge in [0.15, 0.2) is 15.8 Å². The van der Waals surface area contributed by atoms with Gasteiger partial charge in [-0.2, -0.15) is 0 Å². The van der Waals surface area contributed by atoms with Gasteiger partial charge in [0, 0.05) is 38.9 Å². The van der Waals surface area contributed by atoms with Crippen LogP contribution in [0.5, 0.6) is 0 Å². The third kappa shape index (κ3) is 7.10. The van der Waals surface area contributed by atoms with Gasteiger partial charge in [-0.15, -0.1) is 24.0 Å². The lowest BCUT2D eigenvalue weighted by atomic mass is 10.1. The molecule has 2 rings (SSSR count). The number of hydrogen-bond donors (Lipinski definition) is 2. The number of aliphatic imine (C=N–C) groups is 1. The molecule has 0 bridgehead atoms. The van der Waals surface area contributed by atoms with E-state index in [9.17, 15) is 8.42 Å². The lowest BCUT2D eigenvalue weighted by Crippen LogP contribution is -2.49. The van der Waals surface area contributed by atoms with E-state index < -0.39 is 14.6 Å². The van der Waals surface area contributed by atoms with Gasteiger partial charge in [-0.3, -0.25) is 4.99 Å². The molecule has 154 valence electrons. The first-order chi connectivity index (χ1) is 12.2. The van der Waals surface area contributed by atoms with E-state index in [1.165, 1.54) is 0 Å². The number of piperidine rings is 1. The van der Waals surface area contributed by atoms with Crippen LogP contribution in [0.2, 0.25) is 0 Å². The van der Waals surface area contributed by atoms with Crippen LogP contribution in [0.25, 0.3) is 0 Å². The van der Waals surface area contributed by atoms with Gasteiger partial charge in [-0.1, -0.05) is 6.07 Å². The molecule has 0 spiro atoms. The van der Waals surface area contributed by atoms with Crippen LogP contribution < -0.4 is 15.5 Å². The molecule has 0 atom stereocenters. The second-order valence-corrected chi connectivity index (χ2v) is 10.4. The number of sulfone groups is 1. The summed E-state index contributed by atoms with van der Waals surface area (Å²) in [4.78, 5) is 10.9. The van der Waals surface area contributed by atoms with Crippen molar-refractivity contribution in [2.75, 3.05) is 37.3 Å². The Hall–Kier alpha value is -1.10. The first-order valence-electron chi connectivity index (χ1n) is 9.08. The van der Waals surface area contributed by atoms with Crippen molar-refractivity contribution in [3.05, 3.63) is 24.4 Å². The Morgan fingerprint density at radius 2 is 1.96 bits per heavy atom. The summed E-state index contributed by atoms with van der Waals surface area (Å²) in [6.45, 7) is 7.40. The first kappa shape index (κ1) is 23.9. The quantitative estimate of drug-likeness (QED) is 0.359. The Balaban J connectivity index is 0.00000364. The number of aromatic nitrogens is 1. The van der Waals surface area contributed by atoms with Gasteiger partial charge >= 0.3 is 0 Å². The van der Waals surface area contributed by atoms with Crippen LogP contribution in [0.1, 0.15) is 33.6 Å². The number of nitrogens with zero attached hydrogens (tertiary/aromatic N) is 3. The minimum Gasteiger partial charge on any atom is -0.356 e. The molecule has 1 saturated heterocycles. The fourth-order valence-electron chi connectivity index (χ4n) is 2.79. The second kappa shape index (κ2) is 10.4. The summed E-state index contributed by atoms with van der Waals surface area (Å²) >= 11 is 0. The Morgan fingerprint density at radius 3 is 2.48 bits per heavy atom. The average Bonchev–Trinajstić information content (AvgIpc) is 2.61. The van der Waals surface area contributed by atoms with Gasteiger partial charge in [0.2, 0.25) is 0 Å². The maximum atomic E-state index is 12.2. The maximum absolute atomic E-state index is 12.2. The highest BCUT2D eigenvalue weighted by atomic mass is 127. The van der Waals surface area contributed by atoms with Gasteiger partial charge < -0.3 is 15.5 Å². The largest absolute Gasteiger partial charge is 0.356 e. The number of rotatable bonds is 5. The molecular formula is C18H32IN5O2S. The third-order valence-corrected chi connectivity index (χ3v) is 7.24. The monoisotopic (exact) mass is 509 g/mol. The third-order valence-electron chi connectivity index (χ3n) is 4.63. The average molecular weight is 509 g/mol. The minimum atomic E-state index is -3.13. The number of pyridine rings is 1. The highest BCUT2D eigenvalue weighted by molar-refractivity contribution is 14.0. The number of nitrogens with one attached hydrogen (secondary N) is 2. The van der Waals surface area contributed by atoms with Crippen LogP contribution in [-0.4, -0.2) is 62.6 Å². The molecule has 27 heavy (non-hydrogen) atoms. The molecule has 1 aliphatic rings. The van der Waals surface area contributed by atoms with E-state index in [0.717, 1.165) is 31.7 Å². The summed E-state index contributed by atoms with van der Waals surface area (Å²) < 4.78 is 23.6. The fraction of sp³-hybridized carbons (Fsp3) is 0.667. The topological polar surface area (TPSA) is 86.7 Å². The molecule has 7 nitrogen and oxygen atoms in total. The maximum Gasteiger partial charge on any atom is 0.191 e. The summed E-state index contributed by atoms with van der Waals surface area (Å²) in [5.74, 6) is 1.77. The normalized spacial score (nSPS) is 16.6. The molecule has 1 fully saturated rings. The summed E-state index contributed by atoms with van der Waals surface area (Å²) in [6.07, 6.45) is 3.78. The van der Waals surface area contributed by atoms with Gasteiger partial charge in [0.05, 0.1) is 10.5 Å². The molecule has 9 heteroatoms. The molecule has 0 aliphatic carbocycles. The van der Waals surface area contributed by atoms with Crippen molar-refractivity contribution < 1.29 is 8.42 Å². The number of anilines is 1. The predicted molar refractivity (Wildman–Crippen MR) is 123 cm³/mol. The minimum absolute atomic E-state index is 0. The summed E-state index contributed by atoms with van der Waals surface area (Å²) in [5.41, 5.74) is 0. The standard InChI is InChI=1S/C18H31N5O2S.HI/c1-18(2,3)26(24,25)14-11-21-17(19-4)22-15-8-12-23(13-9-15)16-7-5-6-10-20-16;/h5-7,10,15H,8-9,11-14H2,1-4H3,(H2,19,21,22);1H. The van der Waals surface area contributed by atoms with E-state index in [-0.39, 0.29) is 29.7 Å². The molecule has 0 unspecified atom stereocenters. The molecule has 2 N–H and O–H groups in total. The fourth-order valence-corrected chi connectivity index (χ4v) is 3.77. The van der Waals surface area contributed by atoms with Crippen LogP contribution in [-0.2, 0) is 9.84 Å². The van der Waals surface area contributed by atoms with Crippen LogP contribution in [0, 0.1) is 0 Å². The molecular weight excluding hydrogens is 477 g/mol. The van der Waals surface area contributed by atoms with Gasteiger partial charge in [-0.25, -0.2) is 13.4 Å². The molecule has 0 radical (unpaired) electrons. The summed E-state index contributed by atoms with van der Waals surface area (Å²) in [5, 5.41) is 6.52. The first-order valence-corrected chi connectivity index (χ1v) is 10.7. The van der Waals surface area contributed by atoms with Crippen LogP contribution in [0.15, 0.2) is 29.4 Å². The van der Waals surface area contributed by atoms with Crippen LogP contribution in [0.4, 0.5) is 5.82 Å². The number of hydrogen-bond acceptors (Lipinski definition) is 5. The molecule has 1 aliphatic heterocycles. The van der Waals surface area contributed by atoms with E-state index in [4.69, 9.17) is 0 Å². The summed E-state index contributed by atoms with van der Waals surface area (Å²) in [6, 6.07) is 6.28. The Morgan fingerprint density at radius 1 is 1.30 bits per heavy atom. The van der Waals surface area contributed by atoms with E-state index in [1.807, 2.05) is 24.4 Å². The zero-order chi connectivity index (χ0) is 19.2. The molecule has 0 aromatic carbocycles. The van der Waals surface area contributed by atoms with Crippen molar-refractivity contribution in [3.8, 4) is 0 Å². The molecule has 1 aromatic rings. The zero-order valence-electron chi connectivity index (χ0n) is 16.6. The van der Waals surface area contributed by atoms with Gasteiger partial charge in [0.25, 0.3) is 0 Å². The van der Waals surface area contributed by atoms with Crippen molar-refractivity contribution in [1.29, 1.82) is 0 Å². The Bertz CT molecular complexity index is 696. The lowest BCUT2D eigenvalue weighted by Gasteiger charge is -2.33. The van der Waals surface area contributed by atoms with Crippen molar-refractivity contribution in [2.45, 2.75) is 44.4 Å². The van der Waals surface area contributed by atoms with E-state index >= 15 is 0 Å². The highest BCUT2D eigenvalue weighted by Crippen LogP contribution is 2.17. The van der Waals surface area contributed by atoms with E-state index in [1.54, 1.807) is 27.8 Å². The van der Waals surface area contributed by atoms with E-state index in [2.05, 4.69) is 25.5 Å². The van der Waals surface area contributed by atoms with Crippen LogP contribution in [0.3, 0.4) is 0 Å². The highest BCUT2D eigenvalue weighted by Gasteiger charge is 2.28. The van der Waals surface area contributed by atoms with Crippen molar-refractivity contribution >= 4 is 45.6 Å². The van der Waals surface area contributed by atoms with Gasteiger partial charge in [0.1, 0.15) is 5.82 Å². The van der Waals surface area contributed by atoms with Crippen molar-refractivity contribution in [2.24, 2.45) is 4.99 Å². The summed E-state index contributed by atoms with van der Waals surface area (Å²) in [7, 11) is -1.43. The SMILES string of the molecule is CN=C(NCCS(=O)(=O)C(C)(C)C)NC1CCN(c2ccccn2)CC1.I. The van der Waals surface area contributed by atoms with Crippen LogP contribution >= 0.6 is 24.0 Å². The number of guanidine groups is 1. The number of halogens is 1. The molecule has 0 amide bonds. The van der Waals surface area contributed by atoms with E-state index in [0.29, 0.717) is 18.5 Å².